The average Bonchev–Trinajstić information content (AvgIpc) is 2.93. The van der Waals surface area contributed by atoms with Gasteiger partial charge in [-0.05, 0) is 18.6 Å². The number of hydrogen-bond acceptors (Lipinski definition) is 5. The first kappa shape index (κ1) is 17.1. The molecule has 0 aromatic heterocycles. The van der Waals surface area contributed by atoms with Crippen LogP contribution >= 0.6 is 0 Å². The van der Waals surface area contributed by atoms with Crippen molar-refractivity contribution in [1.29, 1.82) is 0 Å². The number of dihydropyridines is 1. The first-order valence-corrected chi connectivity index (χ1v) is 7.38. The molecule has 2 aliphatic heterocycles. The van der Waals surface area contributed by atoms with Crippen molar-refractivity contribution in [2.45, 2.75) is 19.0 Å². The van der Waals surface area contributed by atoms with Gasteiger partial charge in [0.05, 0.1) is 35.4 Å². The Balaban J connectivity index is 2.27. The molecule has 2 heterocycles. The number of nitrogens with one attached hydrogen (secondary N) is 1. The van der Waals surface area contributed by atoms with Crippen LogP contribution < -0.4 is 5.32 Å². The Kier molecular flexibility index (Phi) is 4.06. The second-order valence-electron chi connectivity index (χ2n) is 5.64. The van der Waals surface area contributed by atoms with Gasteiger partial charge >= 0.3 is 18.1 Å². The van der Waals surface area contributed by atoms with E-state index in [4.69, 9.17) is 9.47 Å². The van der Waals surface area contributed by atoms with Crippen LogP contribution in [0.15, 0.2) is 46.8 Å². The van der Waals surface area contributed by atoms with E-state index in [1.54, 1.807) is 6.92 Å². The summed E-state index contributed by atoms with van der Waals surface area (Å²) in [7, 11) is 1.13. The molecule has 0 radical (unpaired) electrons. The summed E-state index contributed by atoms with van der Waals surface area (Å²) in [5, 5.41) is 2.86. The molecule has 1 N–H and O–H groups in total. The van der Waals surface area contributed by atoms with Crippen LogP contribution in [0.2, 0.25) is 0 Å². The number of benzene rings is 1. The fourth-order valence-electron chi connectivity index (χ4n) is 3.17. The van der Waals surface area contributed by atoms with Gasteiger partial charge in [-0.3, -0.25) is 0 Å². The van der Waals surface area contributed by atoms with E-state index in [2.05, 4.69) is 5.32 Å². The Morgan fingerprint density at radius 2 is 2.00 bits per heavy atom. The highest BCUT2D eigenvalue weighted by atomic mass is 19.4. The van der Waals surface area contributed by atoms with Gasteiger partial charge in [-0.25, -0.2) is 9.59 Å². The van der Waals surface area contributed by atoms with Crippen molar-refractivity contribution in [2.75, 3.05) is 13.7 Å². The van der Waals surface area contributed by atoms with Gasteiger partial charge in [0.15, 0.2) is 0 Å². The zero-order chi connectivity index (χ0) is 18.4. The lowest BCUT2D eigenvalue weighted by atomic mass is 9.79. The molecular weight excluding hydrogens is 339 g/mol. The largest absolute Gasteiger partial charge is 0.466 e. The molecule has 3 rings (SSSR count). The quantitative estimate of drug-likeness (QED) is 0.828. The molecule has 1 aromatic carbocycles. The van der Waals surface area contributed by atoms with Crippen LogP contribution in [0, 0.1) is 0 Å². The van der Waals surface area contributed by atoms with Crippen molar-refractivity contribution in [2.24, 2.45) is 0 Å². The Labute approximate surface area is 141 Å². The number of hydrogen-bond donors (Lipinski definition) is 1. The average molecular weight is 353 g/mol. The van der Waals surface area contributed by atoms with Gasteiger partial charge < -0.3 is 14.8 Å². The van der Waals surface area contributed by atoms with E-state index in [1.807, 2.05) is 0 Å². The Morgan fingerprint density at radius 1 is 1.32 bits per heavy atom. The molecule has 0 spiro atoms. The van der Waals surface area contributed by atoms with Gasteiger partial charge in [-0.2, -0.15) is 13.2 Å². The maximum Gasteiger partial charge on any atom is 0.416 e. The first-order chi connectivity index (χ1) is 11.8. The lowest BCUT2D eigenvalue weighted by Gasteiger charge is -2.29. The van der Waals surface area contributed by atoms with E-state index >= 15 is 0 Å². The van der Waals surface area contributed by atoms with E-state index in [1.165, 1.54) is 18.2 Å². The molecule has 0 saturated heterocycles. The number of carbonyl (C=O) groups is 2. The molecule has 0 saturated carbocycles. The fourth-order valence-corrected chi connectivity index (χ4v) is 3.17. The SMILES string of the molecule is COC(=O)C1=C(C)NC2=C(C(=O)OC2)C1c1ccccc1C(F)(F)F. The van der Waals surface area contributed by atoms with Crippen molar-refractivity contribution in [1.82, 2.24) is 5.32 Å². The van der Waals surface area contributed by atoms with E-state index in [-0.39, 0.29) is 23.3 Å². The Morgan fingerprint density at radius 3 is 2.64 bits per heavy atom. The molecule has 8 heteroatoms. The van der Waals surface area contributed by atoms with Gasteiger partial charge in [0.2, 0.25) is 0 Å². The summed E-state index contributed by atoms with van der Waals surface area (Å²) in [5.74, 6) is -2.77. The van der Waals surface area contributed by atoms with Crippen molar-refractivity contribution in [3.05, 3.63) is 57.9 Å². The van der Waals surface area contributed by atoms with Crippen molar-refractivity contribution < 1.29 is 32.2 Å². The topological polar surface area (TPSA) is 64.6 Å². The highest BCUT2D eigenvalue weighted by Crippen LogP contribution is 2.45. The first-order valence-electron chi connectivity index (χ1n) is 7.38. The molecule has 5 nitrogen and oxygen atoms in total. The summed E-state index contributed by atoms with van der Waals surface area (Å²) in [6.45, 7) is 1.46. The molecule has 0 bridgehead atoms. The van der Waals surface area contributed by atoms with Crippen LogP contribution in [0.5, 0.6) is 0 Å². The monoisotopic (exact) mass is 353 g/mol. The molecule has 1 unspecified atom stereocenters. The number of halogens is 3. The fraction of sp³-hybridized carbons (Fsp3) is 0.294. The molecular formula is C17H14F3NO4. The van der Waals surface area contributed by atoms with E-state index in [0.717, 1.165) is 13.2 Å². The second-order valence-corrected chi connectivity index (χ2v) is 5.64. The maximum atomic E-state index is 13.5. The number of rotatable bonds is 2. The predicted octanol–water partition coefficient (Wildman–Crippen LogP) is 2.65. The van der Waals surface area contributed by atoms with Crippen LogP contribution in [-0.4, -0.2) is 25.7 Å². The summed E-state index contributed by atoms with van der Waals surface area (Å²) in [6, 6.07) is 4.86. The predicted molar refractivity (Wildman–Crippen MR) is 80.0 cm³/mol. The molecule has 25 heavy (non-hydrogen) atoms. The third kappa shape index (κ3) is 2.77. The molecule has 0 aliphatic carbocycles. The number of carbonyl (C=O) groups excluding carboxylic acids is 2. The number of alkyl halides is 3. The van der Waals surface area contributed by atoms with Gasteiger partial charge in [0.1, 0.15) is 6.61 Å². The lowest BCUT2D eigenvalue weighted by Crippen LogP contribution is -2.31. The van der Waals surface area contributed by atoms with Crippen LogP contribution in [0.25, 0.3) is 0 Å². The Bertz CT molecular complexity index is 823. The standard InChI is InChI=1S/C17H14F3NO4/c1-8-12(15(22)24-2)13(14-11(21-8)7-25-16(14)23)9-5-3-4-6-10(9)17(18,19)20/h3-6,13,21H,7H2,1-2H3. The summed E-state index contributed by atoms with van der Waals surface area (Å²) in [4.78, 5) is 24.4. The molecule has 0 amide bonds. The van der Waals surface area contributed by atoms with E-state index in [0.29, 0.717) is 11.4 Å². The molecule has 0 fully saturated rings. The minimum absolute atomic E-state index is 0.00250. The zero-order valence-corrected chi connectivity index (χ0v) is 13.4. The van der Waals surface area contributed by atoms with Crippen LogP contribution in [-0.2, 0) is 25.2 Å². The lowest BCUT2D eigenvalue weighted by molar-refractivity contribution is -0.140. The summed E-state index contributed by atoms with van der Waals surface area (Å²) >= 11 is 0. The van der Waals surface area contributed by atoms with Gasteiger partial charge in [0, 0.05) is 5.70 Å². The molecule has 2 aliphatic rings. The minimum atomic E-state index is -4.64. The summed E-state index contributed by atoms with van der Waals surface area (Å²) in [5.41, 5.74) is -0.465. The van der Waals surface area contributed by atoms with Crippen LogP contribution in [0.3, 0.4) is 0 Å². The molecule has 1 atom stereocenters. The Hall–Kier alpha value is -2.77. The number of methoxy groups -OCH3 is 1. The third-order valence-corrected chi connectivity index (χ3v) is 4.19. The van der Waals surface area contributed by atoms with Gasteiger partial charge in [-0.1, -0.05) is 18.2 Å². The van der Waals surface area contributed by atoms with Crippen LogP contribution in [0.1, 0.15) is 24.0 Å². The van der Waals surface area contributed by atoms with Crippen molar-refractivity contribution in [3.63, 3.8) is 0 Å². The highest BCUT2D eigenvalue weighted by Gasteiger charge is 2.45. The van der Waals surface area contributed by atoms with Gasteiger partial charge in [0.25, 0.3) is 0 Å². The van der Waals surface area contributed by atoms with E-state index in [9.17, 15) is 22.8 Å². The van der Waals surface area contributed by atoms with Gasteiger partial charge in [-0.15, -0.1) is 0 Å². The summed E-state index contributed by atoms with van der Waals surface area (Å²) < 4.78 is 50.1. The van der Waals surface area contributed by atoms with Crippen molar-refractivity contribution >= 4 is 11.9 Å². The molecule has 1 aromatic rings. The van der Waals surface area contributed by atoms with Crippen LogP contribution in [0.4, 0.5) is 13.2 Å². The maximum absolute atomic E-state index is 13.5. The van der Waals surface area contributed by atoms with E-state index < -0.39 is 29.6 Å². The minimum Gasteiger partial charge on any atom is -0.466 e. The highest BCUT2D eigenvalue weighted by molar-refractivity contribution is 6.01. The summed E-state index contributed by atoms with van der Waals surface area (Å²) in [6.07, 6.45) is -4.64. The second kappa shape index (κ2) is 5.94. The number of esters is 2. The third-order valence-electron chi connectivity index (χ3n) is 4.19. The number of cyclic esters (lactones) is 1. The number of ether oxygens (including phenoxy) is 2. The number of allylic oxidation sites excluding steroid dienone is 1. The van der Waals surface area contributed by atoms with Crippen molar-refractivity contribution in [3.8, 4) is 0 Å². The normalized spacial score (nSPS) is 20.2. The zero-order valence-electron chi connectivity index (χ0n) is 13.4. The smallest absolute Gasteiger partial charge is 0.416 e. The molecule has 132 valence electrons.